The molecule has 0 N–H and O–H groups in total. The van der Waals surface area contributed by atoms with Gasteiger partial charge in [-0.3, -0.25) is 4.79 Å². The monoisotopic (exact) mass is 457 g/mol. The fourth-order valence-corrected chi connectivity index (χ4v) is 4.69. The topological polar surface area (TPSA) is 20.3 Å². The Labute approximate surface area is 191 Å². The number of hydrogen-bond donors (Lipinski definition) is 0. The number of nitrogens with zero attached hydrogens (tertiary/aromatic N) is 1. The first-order chi connectivity index (χ1) is 15.6. The molecule has 0 saturated carbocycles. The summed E-state index contributed by atoms with van der Waals surface area (Å²) in [6.07, 6.45) is -0.0742. The Kier molecular flexibility index (Phi) is 7.38. The van der Waals surface area contributed by atoms with E-state index in [4.69, 9.17) is 0 Å². The highest BCUT2D eigenvalue weighted by molar-refractivity contribution is 5.94. The van der Waals surface area contributed by atoms with Gasteiger partial charge in [0.25, 0.3) is 0 Å². The van der Waals surface area contributed by atoms with E-state index in [0.29, 0.717) is 0 Å². The fraction of sp³-hybridized carbons (Fsp3) is 0.296. The SMILES string of the molecule is CCC(=O)C(c1ccc(-c2ccccc2)cc1)(c1c(F)c(F)cc(F)c1F)[C@H](C)CN(C)C. The first-order valence-corrected chi connectivity index (χ1v) is 10.8. The number of carbonyl (C=O) groups is 1. The van der Waals surface area contributed by atoms with Crippen LogP contribution in [-0.4, -0.2) is 31.3 Å². The van der Waals surface area contributed by atoms with E-state index in [-0.39, 0.29) is 24.6 Å². The molecule has 6 heteroatoms. The fourth-order valence-electron chi connectivity index (χ4n) is 4.69. The van der Waals surface area contributed by atoms with E-state index >= 15 is 8.78 Å². The van der Waals surface area contributed by atoms with E-state index in [0.717, 1.165) is 11.1 Å². The maximum atomic E-state index is 15.2. The zero-order chi connectivity index (χ0) is 24.3. The van der Waals surface area contributed by atoms with Gasteiger partial charge >= 0.3 is 0 Å². The second-order valence-electron chi connectivity index (χ2n) is 8.53. The van der Waals surface area contributed by atoms with Crippen LogP contribution in [0.3, 0.4) is 0 Å². The minimum absolute atomic E-state index is 0.0742. The van der Waals surface area contributed by atoms with Crippen LogP contribution in [0.2, 0.25) is 0 Å². The van der Waals surface area contributed by atoms with Crippen LogP contribution in [0.5, 0.6) is 0 Å². The standard InChI is InChI=1S/C27H27F4NO/c1-5-23(33)27(17(2)16-32(3)4,24-25(30)21(28)15-22(29)26(24)31)20-13-11-19(12-14-20)18-9-7-6-8-10-18/h6-15,17H,5,16H2,1-4H3/t17-,27?/m1/s1. The lowest BCUT2D eigenvalue weighted by molar-refractivity contribution is -0.125. The molecule has 0 fully saturated rings. The molecule has 0 spiro atoms. The predicted octanol–water partition coefficient (Wildman–Crippen LogP) is 6.37. The molecule has 0 bridgehead atoms. The summed E-state index contributed by atoms with van der Waals surface area (Å²) in [5, 5.41) is 0. The Bertz CT molecular complexity index is 1100. The van der Waals surface area contributed by atoms with Crippen LogP contribution in [0.4, 0.5) is 17.6 Å². The summed E-state index contributed by atoms with van der Waals surface area (Å²) < 4.78 is 59.1. The van der Waals surface area contributed by atoms with Crippen LogP contribution in [0.1, 0.15) is 31.4 Å². The summed E-state index contributed by atoms with van der Waals surface area (Å²) in [6.45, 7) is 3.49. The van der Waals surface area contributed by atoms with Gasteiger partial charge in [-0.25, -0.2) is 17.6 Å². The van der Waals surface area contributed by atoms with Crippen LogP contribution in [0.15, 0.2) is 60.7 Å². The Morgan fingerprint density at radius 1 is 0.879 bits per heavy atom. The molecular weight excluding hydrogens is 430 g/mol. The molecule has 0 aliphatic carbocycles. The van der Waals surface area contributed by atoms with E-state index in [9.17, 15) is 13.6 Å². The van der Waals surface area contributed by atoms with Gasteiger partial charge in [0.2, 0.25) is 0 Å². The molecule has 0 amide bonds. The summed E-state index contributed by atoms with van der Waals surface area (Å²) in [7, 11) is 3.52. The predicted molar refractivity (Wildman–Crippen MR) is 122 cm³/mol. The molecule has 3 rings (SSSR count). The molecule has 0 aliphatic rings. The molecule has 174 valence electrons. The first-order valence-electron chi connectivity index (χ1n) is 10.8. The number of hydrogen-bond acceptors (Lipinski definition) is 2. The number of halogens is 4. The number of ketones is 1. The summed E-state index contributed by atoms with van der Waals surface area (Å²) in [6, 6.07) is 16.4. The van der Waals surface area contributed by atoms with E-state index in [1.54, 1.807) is 57.1 Å². The maximum Gasteiger partial charge on any atom is 0.166 e. The molecule has 3 aromatic carbocycles. The smallest absolute Gasteiger partial charge is 0.166 e. The number of Topliss-reactive ketones (excluding diaryl/α,β-unsaturated/α-hetero) is 1. The third kappa shape index (κ3) is 4.44. The quantitative estimate of drug-likeness (QED) is 0.289. The lowest BCUT2D eigenvalue weighted by Crippen LogP contribution is -2.48. The minimum Gasteiger partial charge on any atom is -0.309 e. The average molecular weight is 458 g/mol. The summed E-state index contributed by atoms with van der Waals surface area (Å²) in [4.78, 5) is 15.3. The Balaban J connectivity index is 2.36. The van der Waals surface area contributed by atoms with Crippen molar-refractivity contribution in [2.45, 2.75) is 25.7 Å². The highest BCUT2D eigenvalue weighted by Gasteiger charge is 2.50. The van der Waals surface area contributed by atoms with Crippen molar-refractivity contribution in [1.82, 2.24) is 4.90 Å². The van der Waals surface area contributed by atoms with Gasteiger partial charge in [0.15, 0.2) is 23.3 Å². The Hall–Kier alpha value is -2.99. The van der Waals surface area contributed by atoms with Gasteiger partial charge in [-0.15, -0.1) is 0 Å². The third-order valence-corrected chi connectivity index (χ3v) is 6.09. The summed E-state index contributed by atoms with van der Waals surface area (Å²) in [5.41, 5.74) is -0.763. The largest absolute Gasteiger partial charge is 0.309 e. The molecule has 0 aliphatic heterocycles. The van der Waals surface area contributed by atoms with E-state index in [1.807, 2.05) is 30.3 Å². The van der Waals surface area contributed by atoms with Crippen molar-refractivity contribution < 1.29 is 22.4 Å². The van der Waals surface area contributed by atoms with Gasteiger partial charge in [0.1, 0.15) is 5.78 Å². The summed E-state index contributed by atoms with van der Waals surface area (Å²) >= 11 is 0. The molecule has 0 radical (unpaired) electrons. The van der Waals surface area contributed by atoms with Crippen molar-refractivity contribution in [3.63, 3.8) is 0 Å². The van der Waals surface area contributed by atoms with Crippen molar-refractivity contribution >= 4 is 5.78 Å². The molecule has 2 atom stereocenters. The summed E-state index contributed by atoms with van der Waals surface area (Å²) in [5.74, 6) is -7.38. The van der Waals surface area contributed by atoms with Crippen LogP contribution < -0.4 is 0 Å². The van der Waals surface area contributed by atoms with Gasteiger partial charge < -0.3 is 4.90 Å². The van der Waals surface area contributed by atoms with Gasteiger partial charge in [0.05, 0.1) is 5.41 Å². The maximum absolute atomic E-state index is 15.2. The Morgan fingerprint density at radius 3 is 1.88 bits per heavy atom. The zero-order valence-electron chi connectivity index (χ0n) is 19.1. The van der Waals surface area contributed by atoms with Crippen LogP contribution in [0.25, 0.3) is 11.1 Å². The lowest BCUT2D eigenvalue weighted by Gasteiger charge is -2.40. The van der Waals surface area contributed by atoms with Crippen molar-refractivity contribution in [1.29, 1.82) is 0 Å². The number of rotatable bonds is 8. The van der Waals surface area contributed by atoms with Crippen LogP contribution >= 0.6 is 0 Å². The molecule has 3 aromatic rings. The highest BCUT2D eigenvalue weighted by Crippen LogP contribution is 2.45. The second kappa shape index (κ2) is 9.87. The van der Waals surface area contributed by atoms with Crippen molar-refractivity contribution in [3.05, 3.63) is 95.1 Å². The number of benzene rings is 3. The van der Waals surface area contributed by atoms with E-state index in [2.05, 4.69) is 0 Å². The number of carbonyl (C=O) groups excluding carboxylic acids is 1. The molecule has 0 heterocycles. The molecule has 1 unspecified atom stereocenters. The molecular formula is C27H27F4NO. The van der Waals surface area contributed by atoms with Crippen LogP contribution in [-0.2, 0) is 10.2 Å². The van der Waals surface area contributed by atoms with E-state index < -0.39 is 45.9 Å². The molecule has 0 saturated heterocycles. The van der Waals surface area contributed by atoms with Crippen LogP contribution in [0, 0.1) is 29.2 Å². The van der Waals surface area contributed by atoms with Gasteiger partial charge in [0, 0.05) is 24.6 Å². The van der Waals surface area contributed by atoms with Gasteiger partial charge in [-0.05, 0) is 36.7 Å². The second-order valence-corrected chi connectivity index (χ2v) is 8.53. The zero-order valence-corrected chi connectivity index (χ0v) is 19.1. The third-order valence-electron chi connectivity index (χ3n) is 6.09. The van der Waals surface area contributed by atoms with Crippen molar-refractivity contribution in [2.75, 3.05) is 20.6 Å². The minimum atomic E-state index is -1.93. The first kappa shape index (κ1) is 24.6. The molecule has 33 heavy (non-hydrogen) atoms. The molecule has 0 aromatic heterocycles. The normalized spacial score (nSPS) is 14.2. The van der Waals surface area contributed by atoms with E-state index in [1.165, 1.54) is 0 Å². The highest BCUT2D eigenvalue weighted by atomic mass is 19.2. The molecule has 2 nitrogen and oxygen atoms in total. The van der Waals surface area contributed by atoms with Gasteiger partial charge in [-0.1, -0.05) is 68.4 Å². The van der Waals surface area contributed by atoms with Crippen molar-refractivity contribution in [3.8, 4) is 11.1 Å². The lowest BCUT2D eigenvalue weighted by atomic mass is 9.62. The van der Waals surface area contributed by atoms with Gasteiger partial charge in [-0.2, -0.15) is 0 Å². The average Bonchev–Trinajstić information content (AvgIpc) is 2.80. The van der Waals surface area contributed by atoms with Crippen molar-refractivity contribution in [2.24, 2.45) is 5.92 Å². The Morgan fingerprint density at radius 2 is 1.39 bits per heavy atom.